The van der Waals surface area contributed by atoms with Gasteiger partial charge in [-0.25, -0.2) is 0 Å². The van der Waals surface area contributed by atoms with E-state index >= 15 is 0 Å². The van der Waals surface area contributed by atoms with Crippen molar-refractivity contribution in [2.75, 3.05) is 13.2 Å². The van der Waals surface area contributed by atoms with E-state index in [4.69, 9.17) is 18.9 Å². The van der Waals surface area contributed by atoms with Crippen molar-refractivity contribution in [1.29, 1.82) is 0 Å². The van der Waals surface area contributed by atoms with Crippen LogP contribution in [-0.4, -0.2) is 116 Å². The molecular weight excluding hydrogens is 368 g/mol. The lowest BCUT2D eigenvalue weighted by Crippen LogP contribution is -2.65. The van der Waals surface area contributed by atoms with Crippen LogP contribution in [0.3, 0.4) is 0 Å². The van der Waals surface area contributed by atoms with Gasteiger partial charge in [0.2, 0.25) is 0 Å². The molecule has 5 unspecified atom stereocenters. The molecule has 2 aliphatic heterocycles. The molecule has 2 heterocycles. The van der Waals surface area contributed by atoms with E-state index in [9.17, 15) is 35.7 Å². The summed E-state index contributed by atoms with van der Waals surface area (Å²) in [5, 5.41) is 69.2. The quantitative estimate of drug-likeness (QED) is 0.243. The van der Waals surface area contributed by atoms with E-state index < -0.39 is 80.2 Å². The summed E-state index contributed by atoms with van der Waals surface area (Å²) in [7, 11) is 0. The number of hydrogen-bond acceptors (Lipinski definition) is 11. The average Bonchev–Trinajstić information content (AvgIpc) is 2.60. The molecule has 7 N–H and O–H groups in total. The van der Waals surface area contributed by atoms with Gasteiger partial charge in [-0.2, -0.15) is 0 Å². The third-order valence-corrected chi connectivity index (χ3v) is 4.43. The van der Waals surface area contributed by atoms with Crippen LogP contribution in [0.25, 0.3) is 0 Å². The van der Waals surface area contributed by atoms with Gasteiger partial charge in [-0.05, 0) is 20.8 Å². The molecule has 11 heteroatoms. The van der Waals surface area contributed by atoms with Gasteiger partial charge in [0.25, 0.3) is 0 Å². The Kier molecular flexibility index (Phi) is 7.55. The fraction of sp³-hybridized carbons (Fsp3) is 1.00. The second-order valence-corrected chi connectivity index (χ2v) is 7.73. The first-order valence-electron chi connectivity index (χ1n) is 8.76. The molecule has 0 spiro atoms. The Hall–Kier alpha value is -0.440. The van der Waals surface area contributed by atoms with E-state index in [-0.39, 0.29) is 0 Å². The molecule has 0 bridgehead atoms. The van der Waals surface area contributed by atoms with E-state index in [1.807, 2.05) is 0 Å². The highest BCUT2D eigenvalue weighted by Gasteiger charge is 2.51. The third kappa shape index (κ3) is 5.14. The van der Waals surface area contributed by atoms with Gasteiger partial charge < -0.3 is 54.7 Å². The fourth-order valence-electron chi connectivity index (χ4n) is 3.00. The highest BCUT2D eigenvalue weighted by atomic mass is 16.7. The maximum absolute atomic E-state index is 10.4. The van der Waals surface area contributed by atoms with Gasteiger partial charge in [0.05, 0.1) is 18.8 Å². The highest BCUT2D eigenvalue weighted by molar-refractivity contribution is 4.94. The first kappa shape index (κ1) is 22.8. The Balaban J connectivity index is 2.12. The zero-order valence-corrected chi connectivity index (χ0v) is 15.5. The van der Waals surface area contributed by atoms with Crippen molar-refractivity contribution >= 4 is 0 Å². The molecular formula is C16H30O11. The minimum Gasteiger partial charge on any atom is -0.394 e. The smallest absolute Gasteiger partial charge is 0.187 e. The molecule has 0 aromatic rings. The van der Waals surface area contributed by atoms with Crippen molar-refractivity contribution in [3.05, 3.63) is 0 Å². The van der Waals surface area contributed by atoms with Crippen molar-refractivity contribution in [3.8, 4) is 0 Å². The zero-order valence-electron chi connectivity index (χ0n) is 15.5. The van der Waals surface area contributed by atoms with E-state index in [0.29, 0.717) is 0 Å². The Bertz CT molecular complexity index is 466. The Morgan fingerprint density at radius 1 is 0.704 bits per heavy atom. The van der Waals surface area contributed by atoms with Crippen LogP contribution in [0.5, 0.6) is 0 Å². The molecule has 2 fully saturated rings. The Morgan fingerprint density at radius 3 is 1.74 bits per heavy atom. The molecule has 2 rings (SSSR count). The van der Waals surface area contributed by atoms with E-state index in [2.05, 4.69) is 0 Å². The van der Waals surface area contributed by atoms with Crippen molar-refractivity contribution in [2.24, 2.45) is 0 Å². The van der Waals surface area contributed by atoms with Gasteiger partial charge in [-0.1, -0.05) is 0 Å². The molecule has 0 aromatic heterocycles. The highest BCUT2D eigenvalue weighted by Crippen LogP contribution is 2.30. The summed E-state index contributed by atoms with van der Waals surface area (Å²) < 4.78 is 21.7. The van der Waals surface area contributed by atoms with Gasteiger partial charge >= 0.3 is 0 Å². The third-order valence-electron chi connectivity index (χ3n) is 4.43. The molecule has 160 valence electrons. The Labute approximate surface area is 156 Å². The molecule has 0 saturated carbocycles. The normalized spacial score (nSPS) is 46.4. The minimum atomic E-state index is -1.70. The van der Waals surface area contributed by atoms with E-state index in [1.165, 1.54) is 0 Å². The molecule has 27 heavy (non-hydrogen) atoms. The van der Waals surface area contributed by atoms with Crippen LogP contribution in [0.15, 0.2) is 0 Å². The largest absolute Gasteiger partial charge is 0.394 e. The van der Waals surface area contributed by atoms with Gasteiger partial charge in [0.1, 0.15) is 48.8 Å². The lowest BCUT2D eigenvalue weighted by Gasteiger charge is -2.46. The van der Waals surface area contributed by atoms with Crippen LogP contribution in [0.1, 0.15) is 20.8 Å². The maximum Gasteiger partial charge on any atom is 0.187 e. The van der Waals surface area contributed by atoms with Gasteiger partial charge in [-0.3, -0.25) is 0 Å². The van der Waals surface area contributed by atoms with Crippen LogP contribution in [0, 0.1) is 0 Å². The van der Waals surface area contributed by atoms with Crippen LogP contribution in [-0.2, 0) is 18.9 Å². The van der Waals surface area contributed by atoms with Crippen LogP contribution in [0.2, 0.25) is 0 Å². The Morgan fingerprint density at radius 2 is 1.22 bits per heavy atom. The zero-order chi connectivity index (χ0) is 20.5. The maximum atomic E-state index is 10.4. The predicted molar refractivity (Wildman–Crippen MR) is 87.2 cm³/mol. The van der Waals surface area contributed by atoms with Crippen molar-refractivity contribution in [2.45, 2.75) is 87.8 Å². The first-order chi connectivity index (χ1) is 12.5. The van der Waals surface area contributed by atoms with Gasteiger partial charge in [0, 0.05) is 0 Å². The van der Waals surface area contributed by atoms with Crippen LogP contribution in [0.4, 0.5) is 0 Å². The number of hydrogen-bond donors (Lipinski definition) is 7. The monoisotopic (exact) mass is 398 g/mol. The molecule has 11 nitrogen and oxygen atoms in total. The van der Waals surface area contributed by atoms with E-state index in [1.54, 1.807) is 20.8 Å². The summed E-state index contributed by atoms with van der Waals surface area (Å²) in [5.74, 6) is 0. The number of ether oxygens (including phenoxy) is 4. The summed E-state index contributed by atoms with van der Waals surface area (Å²) in [6.07, 6.45) is -14.5. The van der Waals surface area contributed by atoms with Gasteiger partial charge in [0.15, 0.2) is 12.6 Å². The number of aliphatic hydroxyl groups excluding tert-OH is 7. The fourth-order valence-corrected chi connectivity index (χ4v) is 3.00. The summed E-state index contributed by atoms with van der Waals surface area (Å²) in [4.78, 5) is 0. The molecule has 0 aromatic carbocycles. The van der Waals surface area contributed by atoms with Crippen LogP contribution >= 0.6 is 0 Å². The average molecular weight is 398 g/mol. The lowest BCUT2D eigenvalue weighted by molar-refractivity contribution is -0.366. The molecule has 10 atom stereocenters. The first-order valence-corrected chi connectivity index (χ1v) is 8.76. The predicted octanol–water partition coefficient (Wildman–Crippen LogP) is -3.57. The molecule has 2 saturated heterocycles. The second-order valence-electron chi connectivity index (χ2n) is 7.73. The van der Waals surface area contributed by atoms with Crippen LogP contribution < -0.4 is 0 Å². The second kappa shape index (κ2) is 8.93. The minimum absolute atomic E-state index is 0.601. The molecule has 0 radical (unpaired) electrons. The van der Waals surface area contributed by atoms with Crippen molar-refractivity contribution < 1.29 is 54.7 Å². The lowest BCUT2D eigenvalue weighted by atomic mass is 9.97. The number of aliphatic hydroxyl groups is 7. The molecule has 0 aliphatic carbocycles. The number of rotatable bonds is 5. The summed E-state index contributed by atoms with van der Waals surface area (Å²) in [6.45, 7) is 3.91. The van der Waals surface area contributed by atoms with Crippen molar-refractivity contribution in [1.82, 2.24) is 0 Å². The molecule has 0 amide bonds. The topological polar surface area (TPSA) is 179 Å². The summed E-state index contributed by atoms with van der Waals surface area (Å²) in [5.41, 5.74) is -0.698. The van der Waals surface area contributed by atoms with E-state index in [0.717, 1.165) is 0 Å². The van der Waals surface area contributed by atoms with Gasteiger partial charge in [-0.15, -0.1) is 0 Å². The summed E-state index contributed by atoms with van der Waals surface area (Å²) >= 11 is 0. The summed E-state index contributed by atoms with van der Waals surface area (Å²) in [6, 6.07) is 0. The SMILES string of the molecule is CC(C)(C)OC1OC(CO)[C@@H](O[C@H]2OC(CO)[C@@H](O)[C@H](O)C2O)[C@H](O)C1O. The van der Waals surface area contributed by atoms with Crippen molar-refractivity contribution in [3.63, 3.8) is 0 Å². The standard InChI is InChI=1S/C16H30O11/c1-16(2,3)27-15-12(23)10(21)13(7(5-18)25-15)26-14-11(22)9(20)8(19)6(4-17)24-14/h6-15,17-23H,4-5H2,1-3H3/t6?,7?,8-,9+,10-,11?,12?,13-,14-,15?/m1/s1. The molecule has 2 aliphatic rings.